The third-order valence-electron chi connectivity index (χ3n) is 6.19. The molecule has 0 amide bonds. The van der Waals surface area contributed by atoms with E-state index in [4.69, 9.17) is 32.2 Å². The van der Waals surface area contributed by atoms with E-state index in [1.54, 1.807) is 7.11 Å². The molecule has 1 aliphatic heterocycles. The van der Waals surface area contributed by atoms with Gasteiger partial charge in [-0.15, -0.1) is 0 Å². The van der Waals surface area contributed by atoms with Crippen LogP contribution in [-0.4, -0.2) is 54.8 Å². The number of nitrogens with two attached hydrogens (primary N) is 1. The standard InChI is InChI=1S/C26H29ClN4O3/c1-30(2)8-9-31-14-22(20-6-4-16(12-23(20)31)21(13-28)26(27)29)25(32)18-10-17-11-19(33-3)5-7-24(17)34-15-18/h4-7,11-14,18,29H,8-10,15,28H2,1-3H3/b21-13-,29-26?. The van der Waals surface area contributed by atoms with Crippen LogP contribution >= 0.6 is 11.6 Å². The zero-order valence-corrected chi connectivity index (χ0v) is 20.4. The molecule has 0 fully saturated rings. The summed E-state index contributed by atoms with van der Waals surface area (Å²) >= 11 is 5.94. The number of Topliss-reactive ketones (excluding diaryl/α,β-unsaturated/α-hetero) is 1. The molecular formula is C26H29ClN4O3. The molecule has 1 unspecified atom stereocenters. The van der Waals surface area contributed by atoms with Crippen molar-refractivity contribution in [3.05, 3.63) is 65.5 Å². The number of rotatable bonds is 8. The minimum atomic E-state index is -0.289. The van der Waals surface area contributed by atoms with Gasteiger partial charge in [0.15, 0.2) is 5.78 Å². The lowest BCUT2D eigenvalue weighted by Crippen LogP contribution is -2.28. The van der Waals surface area contributed by atoms with Gasteiger partial charge in [-0.1, -0.05) is 23.7 Å². The molecule has 0 radical (unpaired) electrons. The lowest BCUT2D eigenvalue weighted by Gasteiger charge is -2.24. The second-order valence-electron chi connectivity index (χ2n) is 8.72. The van der Waals surface area contributed by atoms with Crippen molar-refractivity contribution in [1.29, 1.82) is 5.41 Å². The fourth-order valence-electron chi connectivity index (χ4n) is 4.33. The monoisotopic (exact) mass is 480 g/mol. The van der Waals surface area contributed by atoms with Crippen molar-refractivity contribution in [3.8, 4) is 11.5 Å². The molecule has 7 nitrogen and oxygen atoms in total. The number of nitrogens with zero attached hydrogens (tertiary/aromatic N) is 2. The summed E-state index contributed by atoms with van der Waals surface area (Å²) in [6, 6.07) is 11.4. The van der Waals surface area contributed by atoms with Gasteiger partial charge in [-0.3, -0.25) is 10.2 Å². The van der Waals surface area contributed by atoms with E-state index in [-0.39, 0.29) is 16.9 Å². The van der Waals surface area contributed by atoms with Crippen LogP contribution in [0, 0.1) is 11.3 Å². The Hall–Kier alpha value is -3.29. The highest BCUT2D eigenvalue weighted by Crippen LogP contribution is 2.34. The minimum absolute atomic E-state index is 0.0505. The first kappa shape index (κ1) is 23.9. The van der Waals surface area contributed by atoms with Gasteiger partial charge in [-0.05, 0) is 55.9 Å². The Morgan fingerprint density at radius 3 is 2.79 bits per heavy atom. The predicted molar refractivity (Wildman–Crippen MR) is 136 cm³/mol. The quantitative estimate of drug-likeness (QED) is 0.373. The lowest BCUT2D eigenvalue weighted by atomic mass is 9.89. The number of carbonyl (C=O) groups is 1. The van der Waals surface area contributed by atoms with E-state index in [0.717, 1.165) is 40.1 Å². The van der Waals surface area contributed by atoms with E-state index >= 15 is 0 Å². The SMILES string of the molecule is COc1ccc2c(c1)CC(C(=O)c1cn(CCN(C)C)c3cc(/C(=C/N)C(=N)Cl)ccc13)CO2. The number of hydrogen-bond donors (Lipinski definition) is 2. The number of halogens is 1. The number of aromatic nitrogens is 1. The summed E-state index contributed by atoms with van der Waals surface area (Å²) < 4.78 is 13.3. The van der Waals surface area contributed by atoms with Crippen molar-refractivity contribution in [1.82, 2.24) is 9.47 Å². The molecule has 0 spiro atoms. The van der Waals surface area contributed by atoms with Crippen LogP contribution in [0.2, 0.25) is 0 Å². The van der Waals surface area contributed by atoms with Crippen molar-refractivity contribution in [2.24, 2.45) is 11.7 Å². The van der Waals surface area contributed by atoms with Gasteiger partial charge in [-0.2, -0.15) is 0 Å². The average Bonchev–Trinajstić information content (AvgIpc) is 3.19. The van der Waals surface area contributed by atoms with E-state index in [0.29, 0.717) is 30.7 Å². The number of nitrogens with one attached hydrogen (secondary N) is 1. The van der Waals surface area contributed by atoms with Gasteiger partial charge in [0.1, 0.15) is 16.7 Å². The molecule has 178 valence electrons. The highest BCUT2D eigenvalue weighted by molar-refractivity contribution is 6.75. The van der Waals surface area contributed by atoms with Crippen LogP contribution in [0.25, 0.3) is 16.5 Å². The predicted octanol–water partition coefficient (Wildman–Crippen LogP) is 4.16. The summed E-state index contributed by atoms with van der Waals surface area (Å²) in [5.41, 5.74) is 9.44. The molecule has 4 rings (SSSR count). The molecule has 3 N–H and O–H groups in total. The third-order valence-corrected chi connectivity index (χ3v) is 6.40. The Labute approximate surface area is 204 Å². The molecule has 2 heterocycles. The second-order valence-corrected chi connectivity index (χ2v) is 9.09. The normalized spacial score (nSPS) is 15.8. The van der Waals surface area contributed by atoms with Crippen molar-refractivity contribution in [3.63, 3.8) is 0 Å². The Kier molecular flexibility index (Phi) is 6.95. The van der Waals surface area contributed by atoms with Crippen LogP contribution in [0.1, 0.15) is 21.5 Å². The molecule has 1 atom stereocenters. The minimum Gasteiger partial charge on any atom is -0.497 e. The van der Waals surface area contributed by atoms with Crippen molar-refractivity contribution in [2.45, 2.75) is 13.0 Å². The van der Waals surface area contributed by atoms with Crippen LogP contribution in [-0.2, 0) is 13.0 Å². The molecular weight excluding hydrogens is 452 g/mol. The molecule has 0 bridgehead atoms. The van der Waals surface area contributed by atoms with Crippen LogP contribution in [0.5, 0.6) is 11.5 Å². The summed E-state index contributed by atoms with van der Waals surface area (Å²) in [5.74, 6) is 1.31. The van der Waals surface area contributed by atoms with E-state index in [1.807, 2.05) is 56.7 Å². The first-order chi connectivity index (χ1) is 16.3. The fraction of sp³-hybridized carbons (Fsp3) is 0.308. The topological polar surface area (TPSA) is 93.6 Å². The van der Waals surface area contributed by atoms with Crippen LogP contribution in [0.4, 0.5) is 0 Å². The number of benzene rings is 2. The smallest absolute Gasteiger partial charge is 0.171 e. The number of allylic oxidation sites excluding steroid dienone is 1. The molecule has 8 heteroatoms. The summed E-state index contributed by atoms with van der Waals surface area (Å²) in [6.07, 6.45) is 3.86. The third kappa shape index (κ3) is 4.67. The number of likely N-dealkylation sites (N-methyl/N-ethyl adjacent to an activating group) is 1. The Bertz CT molecular complexity index is 1280. The molecule has 3 aromatic rings. The highest BCUT2D eigenvalue weighted by Gasteiger charge is 2.29. The van der Waals surface area contributed by atoms with Gasteiger partial charge in [-0.25, -0.2) is 0 Å². The van der Waals surface area contributed by atoms with E-state index in [2.05, 4.69) is 9.47 Å². The summed E-state index contributed by atoms with van der Waals surface area (Å²) in [5, 5.41) is 8.55. The first-order valence-corrected chi connectivity index (χ1v) is 11.5. The van der Waals surface area contributed by atoms with Crippen LogP contribution in [0.3, 0.4) is 0 Å². The summed E-state index contributed by atoms with van der Waals surface area (Å²) in [4.78, 5) is 15.8. The van der Waals surface area contributed by atoms with Gasteiger partial charge in [0.05, 0.1) is 19.6 Å². The number of carbonyl (C=O) groups excluding carboxylic acids is 1. The van der Waals surface area contributed by atoms with Gasteiger partial charge >= 0.3 is 0 Å². The van der Waals surface area contributed by atoms with E-state index in [1.165, 1.54) is 6.20 Å². The number of fused-ring (bicyclic) bond motifs is 2. The van der Waals surface area contributed by atoms with Crippen LogP contribution in [0.15, 0.2) is 48.8 Å². The fourth-order valence-corrected chi connectivity index (χ4v) is 4.50. The zero-order valence-electron chi connectivity index (χ0n) is 19.6. The van der Waals surface area contributed by atoms with Gasteiger partial charge in [0, 0.05) is 47.5 Å². The number of hydrogen-bond acceptors (Lipinski definition) is 6. The van der Waals surface area contributed by atoms with Gasteiger partial charge < -0.3 is 24.7 Å². The molecule has 0 aliphatic carbocycles. The maximum absolute atomic E-state index is 13.7. The maximum Gasteiger partial charge on any atom is 0.171 e. The average molecular weight is 481 g/mol. The molecule has 1 aliphatic rings. The van der Waals surface area contributed by atoms with Gasteiger partial charge in [0.2, 0.25) is 0 Å². The second kappa shape index (κ2) is 9.91. The van der Waals surface area contributed by atoms with Crippen molar-refractivity contribution < 1.29 is 14.3 Å². The lowest BCUT2D eigenvalue weighted by molar-refractivity contribution is 0.0856. The maximum atomic E-state index is 13.7. The first-order valence-electron chi connectivity index (χ1n) is 11.1. The molecule has 34 heavy (non-hydrogen) atoms. The van der Waals surface area contributed by atoms with E-state index < -0.39 is 0 Å². The van der Waals surface area contributed by atoms with Gasteiger partial charge in [0.25, 0.3) is 0 Å². The Morgan fingerprint density at radius 2 is 2.12 bits per heavy atom. The largest absolute Gasteiger partial charge is 0.497 e. The van der Waals surface area contributed by atoms with Crippen LogP contribution < -0.4 is 15.2 Å². The van der Waals surface area contributed by atoms with Crippen molar-refractivity contribution >= 4 is 39.0 Å². The molecule has 0 saturated heterocycles. The highest BCUT2D eigenvalue weighted by atomic mass is 35.5. The molecule has 0 saturated carbocycles. The number of ether oxygens (including phenoxy) is 2. The number of ketones is 1. The summed E-state index contributed by atoms with van der Waals surface area (Å²) in [6.45, 7) is 1.86. The Balaban J connectivity index is 1.72. The Morgan fingerprint density at radius 1 is 1.32 bits per heavy atom. The molecule has 1 aromatic heterocycles. The van der Waals surface area contributed by atoms with E-state index in [9.17, 15) is 4.79 Å². The van der Waals surface area contributed by atoms with Crippen molar-refractivity contribution in [2.75, 3.05) is 34.4 Å². The summed E-state index contributed by atoms with van der Waals surface area (Å²) in [7, 11) is 5.65. The zero-order chi connectivity index (χ0) is 24.4. The number of methoxy groups -OCH3 is 1. The molecule has 2 aromatic carbocycles.